The van der Waals surface area contributed by atoms with Gasteiger partial charge in [-0.15, -0.1) is 0 Å². The number of aromatic carboxylic acids is 1. The first-order valence-corrected chi connectivity index (χ1v) is 6.56. The van der Waals surface area contributed by atoms with Crippen molar-refractivity contribution >= 4 is 5.97 Å². The average Bonchev–Trinajstić information content (AvgIpc) is 3.05. The van der Waals surface area contributed by atoms with Gasteiger partial charge in [0.2, 0.25) is 0 Å². The summed E-state index contributed by atoms with van der Waals surface area (Å²) >= 11 is 0. The Balaban J connectivity index is 1.87. The van der Waals surface area contributed by atoms with E-state index in [1.54, 1.807) is 24.1 Å². The minimum Gasteiger partial charge on any atom is -0.497 e. The van der Waals surface area contributed by atoms with E-state index in [2.05, 4.69) is 10.1 Å². The number of hydrogen-bond acceptors (Lipinski definition) is 4. The number of hydrogen-bond donors (Lipinski definition) is 1. The van der Waals surface area contributed by atoms with Crippen molar-refractivity contribution in [3.05, 3.63) is 60.6 Å². The molecule has 0 bridgehead atoms. The largest absolute Gasteiger partial charge is 0.497 e. The normalized spacial score (nSPS) is 10.4. The molecule has 110 valence electrons. The molecule has 2 aromatic heterocycles. The van der Waals surface area contributed by atoms with E-state index in [1.807, 2.05) is 30.5 Å². The average molecular weight is 295 g/mol. The van der Waals surface area contributed by atoms with Gasteiger partial charge in [-0.2, -0.15) is 5.10 Å². The summed E-state index contributed by atoms with van der Waals surface area (Å²) in [5, 5.41) is 13.2. The van der Waals surface area contributed by atoms with Crippen molar-refractivity contribution in [3.8, 4) is 22.7 Å². The van der Waals surface area contributed by atoms with Crippen molar-refractivity contribution in [1.82, 2.24) is 14.8 Å². The van der Waals surface area contributed by atoms with Gasteiger partial charge in [0.05, 0.1) is 30.3 Å². The maximum atomic E-state index is 10.8. The van der Waals surface area contributed by atoms with Crippen LogP contribution in [-0.2, 0) is 0 Å². The third-order valence-corrected chi connectivity index (χ3v) is 3.23. The van der Waals surface area contributed by atoms with E-state index in [-0.39, 0.29) is 5.56 Å². The second-order valence-corrected chi connectivity index (χ2v) is 4.61. The Labute approximate surface area is 126 Å². The van der Waals surface area contributed by atoms with Crippen molar-refractivity contribution in [2.24, 2.45) is 0 Å². The van der Waals surface area contributed by atoms with Gasteiger partial charge in [-0.3, -0.25) is 4.98 Å². The van der Waals surface area contributed by atoms with E-state index >= 15 is 0 Å². The van der Waals surface area contributed by atoms with Gasteiger partial charge in [0.15, 0.2) is 0 Å². The fourth-order valence-electron chi connectivity index (χ4n) is 2.02. The van der Waals surface area contributed by atoms with E-state index in [0.29, 0.717) is 5.69 Å². The van der Waals surface area contributed by atoms with Crippen LogP contribution in [0.25, 0.3) is 16.9 Å². The first kappa shape index (κ1) is 13.8. The Kier molecular flexibility index (Phi) is 3.57. The SMILES string of the molecule is COc1ccc(-n2cc(-c3ccc(C(=O)O)cn3)cn2)cc1. The van der Waals surface area contributed by atoms with Gasteiger partial charge < -0.3 is 9.84 Å². The lowest BCUT2D eigenvalue weighted by atomic mass is 10.2. The van der Waals surface area contributed by atoms with Crippen LogP contribution in [0, 0.1) is 0 Å². The molecule has 3 rings (SSSR count). The number of pyridine rings is 1. The maximum absolute atomic E-state index is 10.8. The van der Waals surface area contributed by atoms with E-state index in [0.717, 1.165) is 17.0 Å². The first-order valence-electron chi connectivity index (χ1n) is 6.56. The van der Waals surface area contributed by atoms with E-state index < -0.39 is 5.97 Å². The van der Waals surface area contributed by atoms with Gasteiger partial charge in [-0.25, -0.2) is 9.48 Å². The Morgan fingerprint density at radius 3 is 2.50 bits per heavy atom. The Morgan fingerprint density at radius 2 is 1.91 bits per heavy atom. The smallest absolute Gasteiger partial charge is 0.337 e. The molecule has 1 N–H and O–H groups in total. The Bertz CT molecular complexity index is 792. The van der Waals surface area contributed by atoms with Crippen molar-refractivity contribution in [2.75, 3.05) is 7.11 Å². The van der Waals surface area contributed by atoms with Crippen LogP contribution in [0.1, 0.15) is 10.4 Å². The van der Waals surface area contributed by atoms with E-state index in [4.69, 9.17) is 9.84 Å². The summed E-state index contributed by atoms with van der Waals surface area (Å²) in [5.74, 6) is -0.213. The molecule has 0 aliphatic rings. The second kappa shape index (κ2) is 5.69. The van der Waals surface area contributed by atoms with Crippen LogP contribution in [0.2, 0.25) is 0 Å². The summed E-state index contributed by atoms with van der Waals surface area (Å²) in [5.41, 5.74) is 2.54. The summed E-state index contributed by atoms with van der Waals surface area (Å²) in [6, 6.07) is 10.7. The van der Waals surface area contributed by atoms with Gasteiger partial charge in [0.1, 0.15) is 5.75 Å². The monoisotopic (exact) mass is 295 g/mol. The standard InChI is InChI=1S/C16H13N3O3/c1-22-14-5-3-13(4-6-14)19-10-12(9-18-19)15-7-2-11(8-17-15)16(20)21/h2-10H,1H3,(H,20,21). The lowest BCUT2D eigenvalue weighted by Gasteiger charge is -2.03. The molecule has 0 fully saturated rings. The van der Waals surface area contributed by atoms with Gasteiger partial charge in [0.25, 0.3) is 0 Å². The fourth-order valence-corrected chi connectivity index (χ4v) is 2.02. The Morgan fingerprint density at radius 1 is 1.14 bits per heavy atom. The van der Waals surface area contributed by atoms with Crippen LogP contribution in [0.5, 0.6) is 5.75 Å². The zero-order valence-electron chi connectivity index (χ0n) is 11.8. The molecule has 6 nitrogen and oxygen atoms in total. The lowest BCUT2D eigenvalue weighted by molar-refractivity contribution is 0.0696. The number of rotatable bonds is 4. The highest BCUT2D eigenvalue weighted by molar-refractivity contribution is 5.87. The Hall–Kier alpha value is -3.15. The van der Waals surface area contributed by atoms with Crippen molar-refractivity contribution in [3.63, 3.8) is 0 Å². The molecular weight excluding hydrogens is 282 g/mol. The molecule has 1 aromatic carbocycles. The van der Waals surface area contributed by atoms with Crippen molar-refractivity contribution < 1.29 is 14.6 Å². The maximum Gasteiger partial charge on any atom is 0.337 e. The number of carboxylic acids is 1. The second-order valence-electron chi connectivity index (χ2n) is 4.61. The number of aromatic nitrogens is 3. The minimum atomic E-state index is -0.993. The van der Waals surface area contributed by atoms with Crippen LogP contribution >= 0.6 is 0 Å². The quantitative estimate of drug-likeness (QED) is 0.800. The molecule has 0 unspecified atom stereocenters. The number of ether oxygens (including phenoxy) is 1. The summed E-state index contributed by atoms with van der Waals surface area (Å²) in [6.07, 6.45) is 4.86. The predicted octanol–water partition coefficient (Wildman–Crippen LogP) is 2.64. The highest BCUT2D eigenvalue weighted by atomic mass is 16.5. The third-order valence-electron chi connectivity index (χ3n) is 3.23. The summed E-state index contributed by atoms with van der Waals surface area (Å²) in [4.78, 5) is 15.0. The van der Waals surface area contributed by atoms with Gasteiger partial charge in [-0.1, -0.05) is 0 Å². The molecule has 0 spiro atoms. The summed E-state index contributed by atoms with van der Waals surface area (Å²) in [6.45, 7) is 0. The summed E-state index contributed by atoms with van der Waals surface area (Å²) in [7, 11) is 1.62. The van der Waals surface area contributed by atoms with Gasteiger partial charge >= 0.3 is 5.97 Å². The van der Waals surface area contributed by atoms with E-state index in [9.17, 15) is 4.79 Å². The number of carbonyl (C=O) groups is 1. The summed E-state index contributed by atoms with van der Waals surface area (Å²) < 4.78 is 6.85. The molecule has 0 saturated heterocycles. The number of benzene rings is 1. The third kappa shape index (κ3) is 2.67. The van der Waals surface area contributed by atoms with Crippen LogP contribution in [0.3, 0.4) is 0 Å². The van der Waals surface area contributed by atoms with Crippen molar-refractivity contribution in [2.45, 2.75) is 0 Å². The van der Waals surface area contributed by atoms with Gasteiger partial charge in [-0.05, 0) is 36.4 Å². The van der Waals surface area contributed by atoms with E-state index in [1.165, 1.54) is 12.3 Å². The molecular formula is C16H13N3O3. The molecule has 0 saturated carbocycles. The molecule has 3 aromatic rings. The molecule has 6 heteroatoms. The van der Waals surface area contributed by atoms with Crippen LogP contribution in [0.4, 0.5) is 0 Å². The lowest BCUT2D eigenvalue weighted by Crippen LogP contribution is -1.96. The minimum absolute atomic E-state index is 0.159. The van der Waals surface area contributed by atoms with Crippen LogP contribution < -0.4 is 4.74 Å². The molecule has 0 aliphatic carbocycles. The molecule has 0 aliphatic heterocycles. The number of nitrogens with zero attached hydrogens (tertiary/aromatic N) is 3. The van der Waals surface area contributed by atoms with Crippen LogP contribution in [-0.4, -0.2) is 33.0 Å². The van der Waals surface area contributed by atoms with Crippen LogP contribution in [0.15, 0.2) is 55.0 Å². The topological polar surface area (TPSA) is 77.2 Å². The number of methoxy groups -OCH3 is 1. The van der Waals surface area contributed by atoms with Crippen molar-refractivity contribution in [1.29, 1.82) is 0 Å². The molecule has 0 radical (unpaired) electrons. The highest BCUT2D eigenvalue weighted by Crippen LogP contribution is 2.19. The predicted molar refractivity (Wildman–Crippen MR) is 80.3 cm³/mol. The zero-order chi connectivity index (χ0) is 15.5. The molecule has 22 heavy (non-hydrogen) atoms. The molecule has 0 atom stereocenters. The zero-order valence-corrected chi connectivity index (χ0v) is 11.8. The first-order chi connectivity index (χ1) is 10.7. The fraction of sp³-hybridized carbons (Fsp3) is 0.0625. The molecule has 2 heterocycles. The highest BCUT2D eigenvalue weighted by Gasteiger charge is 2.07. The van der Waals surface area contributed by atoms with Gasteiger partial charge in [0, 0.05) is 18.0 Å². The number of carboxylic acid groups (broad SMARTS) is 1. The molecule has 0 amide bonds.